The van der Waals surface area contributed by atoms with Gasteiger partial charge in [-0.1, -0.05) is 13.8 Å². The molecule has 13 heavy (non-hydrogen) atoms. The number of hydrogen-bond donors (Lipinski definition) is 1. The lowest BCUT2D eigenvalue weighted by molar-refractivity contribution is -0.146. The molecule has 0 aromatic heterocycles. The summed E-state index contributed by atoms with van der Waals surface area (Å²) in [6.07, 6.45) is 1.78. The van der Waals surface area contributed by atoms with Crippen LogP contribution in [-0.4, -0.2) is 12.1 Å². The Hall–Kier alpha value is -0.440. The molecule has 0 aromatic rings. The van der Waals surface area contributed by atoms with Gasteiger partial charge in [-0.15, -0.1) is 12.6 Å². The van der Waals surface area contributed by atoms with Crippen molar-refractivity contribution in [1.29, 1.82) is 0 Å². The maximum Gasteiger partial charge on any atom is 0.335 e. The lowest BCUT2D eigenvalue weighted by Gasteiger charge is -2.22. The Kier molecular flexibility index (Phi) is 3.42. The van der Waals surface area contributed by atoms with E-state index in [1.54, 1.807) is 0 Å². The number of rotatable bonds is 1. The zero-order valence-electron chi connectivity index (χ0n) is 8.33. The minimum absolute atomic E-state index is 0.0598. The van der Waals surface area contributed by atoms with Crippen LogP contribution in [0.2, 0.25) is 0 Å². The van der Waals surface area contributed by atoms with Gasteiger partial charge in [-0.25, -0.2) is 4.79 Å². The highest BCUT2D eigenvalue weighted by Crippen LogP contribution is 2.27. The van der Waals surface area contributed by atoms with Gasteiger partial charge in [0.15, 0.2) is 0 Å². The Morgan fingerprint density at radius 1 is 1.62 bits per heavy atom. The summed E-state index contributed by atoms with van der Waals surface area (Å²) in [5.41, 5.74) is 0.761. The quantitative estimate of drug-likeness (QED) is 0.400. The number of carbonyl (C=O) groups excluding carboxylic acids is 1. The molecule has 0 aromatic carbocycles. The molecular weight excluding hydrogens is 184 g/mol. The summed E-state index contributed by atoms with van der Waals surface area (Å²) < 4.78 is 5.12. The van der Waals surface area contributed by atoms with E-state index >= 15 is 0 Å². The molecule has 0 aliphatic carbocycles. The van der Waals surface area contributed by atoms with Crippen LogP contribution in [0.15, 0.2) is 10.5 Å². The number of hydrogen-bond acceptors (Lipinski definition) is 3. The Morgan fingerprint density at radius 3 is 2.69 bits per heavy atom. The van der Waals surface area contributed by atoms with Crippen LogP contribution in [0, 0.1) is 5.92 Å². The van der Waals surface area contributed by atoms with Crippen molar-refractivity contribution in [3.63, 3.8) is 0 Å². The van der Waals surface area contributed by atoms with Crippen LogP contribution in [0.3, 0.4) is 0 Å². The lowest BCUT2D eigenvalue weighted by Crippen LogP contribution is -2.24. The van der Waals surface area contributed by atoms with Crippen molar-refractivity contribution < 1.29 is 9.53 Å². The Bertz CT molecular complexity index is 243. The van der Waals surface area contributed by atoms with E-state index in [0.717, 1.165) is 23.3 Å². The molecule has 3 heteroatoms. The second kappa shape index (κ2) is 4.18. The molecule has 0 spiro atoms. The van der Waals surface area contributed by atoms with Crippen LogP contribution in [0.5, 0.6) is 0 Å². The monoisotopic (exact) mass is 200 g/mol. The standard InChI is InChI=1S/C10H16O2S/c1-6(2)9(13)8-5-4-7(3)12-10(8)11/h6-7,13H,4-5H2,1-3H3/b9-8-. The highest BCUT2D eigenvalue weighted by atomic mass is 32.1. The first-order chi connectivity index (χ1) is 6.02. The third kappa shape index (κ3) is 2.50. The Morgan fingerprint density at radius 2 is 2.23 bits per heavy atom. The van der Waals surface area contributed by atoms with Gasteiger partial charge in [-0.05, 0) is 30.6 Å². The third-order valence-corrected chi connectivity index (χ3v) is 3.00. The smallest absolute Gasteiger partial charge is 0.335 e. The molecular formula is C10H16O2S. The van der Waals surface area contributed by atoms with E-state index in [1.807, 2.05) is 20.8 Å². The number of carbonyl (C=O) groups is 1. The van der Waals surface area contributed by atoms with E-state index in [-0.39, 0.29) is 12.1 Å². The van der Waals surface area contributed by atoms with E-state index in [0.29, 0.717) is 5.92 Å². The fourth-order valence-corrected chi connectivity index (χ4v) is 1.55. The van der Waals surface area contributed by atoms with Gasteiger partial charge in [0.25, 0.3) is 0 Å². The van der Waals surface area contributed by atoms with Crippen LogP contribution < -0.4 is 0 Å². The summed E-state index contributed by atoms with van der Waals surface area (Å²) in [4.78, 5) is 12.3. The first-order valence-electron chi connectivity index (χ1n) is 4.65. The summed E-state index contributed by atoms with van der Waals surface area (Å²) in [6, 6.07) is 0. The summed E-state index contributed by atoms with van der Waals surface area (Å²) in [5, 5.41) is 0. The van der Waals surface area contributed by atoms with Crippen molar-refractivity contribution in [2.45, 2.75) is 39.7 Å². The third-order valence-electron chi connectivity index (χ3n) is 2.21. The molecule has 1 unspecified atom stereocenters. The van der Waals surface area contributed by atoms with E-state index < -0.39 is 0 Å². The predicted octanol–water partition coefficient (Wildman–Crippen LogP) is 2.55. The highest BCUT2D eigenvalue weighted by molar-refractivity contribution is 7.84. The average molecular weight is 200 g/mol. The maximum atomic E-state index is 11.4. The van der Waals surface area contributed by atoms with Gasteiger partial charge in [0, 0.05) is 5.57 Å². The molecule has 1 fully saturated rings. The van der Waals surface area contributed by atoms with Crippen molar-refractivity contribution in [3.05, 3.63) is 10.5 Å². The second-order valence-corrected chi connectivity index (χ2v) is 4.25. The first kappa shape index (κ1) is 10.6. The molecule has 0 radical (unpaired) electrons. The topological polar surface area (TPSA) is 26.3 Å². The molecule has 1 saturated heterocycles. The molecule has 74 valence electrons. The maximum absolute atomic E-state index is 11.4. The van der Waals surface area contributed by atoms with Crippen molar-refractivity contribution in [1.82, 2.24) is 0 Å². The Balaban J connectivity index is 2.82. The summed E-state index contributed by atoms with van der Waals surface area (Å²) in [7, 11) is 0. The zero-order valence-corrected chi connectivity index (χ0v) is 9.23. The highest BCUT2D eigenvalue weighted by Gasteiger charge is 2.24. The lowest BCUT2D eigenvalue weighted by atomic mass is 10.0. The molecule has 1 atom stereocenters. The van der Waals surface area contributed by atoms with Crippen LogP contribution in [0.1, 0.15) is 33.6 Å². The van der Waals surface area contributed by atoms with E-state index in [4.69, 9.17) is 4.74 Å². The van der Waals surface area contributed by atoms with Gasteiger partial charge in [-0.3, -0.25) is 0 Å². The molecule has 1 aliphatic rings. The molecule has 0 amide bonds. The molecule has 0 N–H and O–H groups in total. The SMILES string of the molecule is CC1CC/C(=C(/S)C(C)C)C(=O)O1. The first-order valence-corrected chi connectivity index (χ1v) is 5.10. The molecule has 0 saturated carbocycles. The zero-order chi connectivity index (χ0) is 10.0. The van der Waals surface area contributed by atoms with Crippen LogP contribution in [0.4, 0.5) is 0 Å². The van der Waals surface area contributed by atoms with Gasteiger partial charge in [0.1, 0.15) is 0 Å². The summed E-state index contributed by atoms with van der Waals surface area (Å²) in [6.45, 7) is 5.98. The van der Waals surface area contributed by atoms with Gasteiger partial charge < -0.3 is 4.74 Å². The number of thiol groups is 1. The van der Waals surface area contributed by atoms with E-state index in [9.17, 15) is 4.79 Å². The molecule has 2 nitrogen and oxygen atoms in total. The number of esters is 1. The fraction of sp³-hybridized carbons (Fsp3) is 0.700. The Labute approximate surface area is 84.8 Å². The minimum atomic E-state index is -0.183. The fourth-order valence-electron chi connectivity index (χ4n) is 1.34. The average Bonchev–Trinajstić information content (AvgIpc) is 2.03. The largest absolute Gasteiger partial charge is 0.459 e. The molecule has 1 aliphatic heterocycles. The van der Waals surface area contributed by atoms with Crippen molar-refractivity contribution in [2.24, 2.45) is 5.92 Å². The second-order valence-electron chi connectivity index (χ2n) is 3.77. The molecule has 1 heterocycles. The van der Waals surface area contributed by atoms with Crippen molar-refractivity contribution in [3.8, 4) is 0 Å². The number of ether oxygens (including phenoxy) is 1. The summed E-state index contributed by atoms with van der Waals surface area (Å²) >= 11 is 4.34. The van der Waals surface area contributed by atoms with Crippen LogP contribution in [-0.2, 0) is 9.53 Å². The minimum Gasteiger partial charge on any atom is -0.459 e. The summed E-state index contributed by atoms with van der Waals surface area (Å²) in [5.74, 6) is 0.122. The van der Waals surface area contributed by atoms with Crippen molar-refractivity contribution in [2.75, 3.05) is 0 Å². The number of allylic oxidation sites excluding steroid dienone is 1. The van der Waals surface area contributed by atoms with Crippen LogP contribution in [0.25, 0.3) is 0 Å². The van der Waals surface area contributed by atoms with Crippen LogP contribution >= 0.6 is 12.6 Å². The van der Waals surface area contributed by atoms with Gasteiger partial charge in [0.2, 0.25) is 0 Å². The van der Waals surface area contributed by atoms with Crippen molar-refractivity contribution >= 4 is 18.6 Å². The number of cyclic esters (lactones) is 1. The normalized spacial score (nSPS) is 27.5. The van der Waals surface area contributed by atoms with Gasteiger partial charge in [-0.2, -0.15) is 0 Å². The van der Waals surface area contributed by atoms with E-state index in [2.05, 4.69) is 12.6 Å². The van der Waals surface area contributed by atoms with E-state index in [1.165, 1.54) is 0 Å². The predicted molar refractivity (Wildman–Crippen MR) is 55.6 cm³/mol. The molecule has 0 bridgehead atoms. The molecule has 1 rings (SSSR count). The van der Waals surface area contributed by atoms with Gasteiger partial charge in [0.05, 0.1) is 6.10 Å². The van der Waals surface area contributed by atoms with Gasteiger partial charge >= 0.3 is 5.97 Å².